The van der Waals surface area contributed by atoms with Crippen LogP contribution >= 0.6 is 11.6 Å². The minimum atomic E-state index is 0.451. The van der Waals surface area contributed by atoms with Crippen molar-refractivity contribution in [2.24, 2.45) is 7.05 Å². The molecule has 3 heterocycles. The summed E-state index contributed by atoms with van der Waals surface area (Å²) in [6.07, 6.45) is 5.49. The van der Waals surface area contributed by atoms with Gasteiger partial charge in [0.1, 0.15) is 5.52 Å². The van der Waals surface area contributed by atoms with Crippen LogP contribution in [0, 0.1) is 6.92 Å². The average molecular weight is 248 g/mol. The molecule has 3 aromatic heterocycles. The predicted molar refractivity (Wildman–Crippen MR) is 64.9 cm³/mol. The summed E-state index contributed by atoms with van der Waals surface area (Å²) < 4.78 is 3.47. The van der Waals surface area contributed by atoms with Crippen LogP contribution in [0.5, 0.6) is 0 Å². The van der Waals surface area contributed by atoms with Crippen molar-refractivity contribution < 1.29 is 0 Å². The van der Waals surface area contributed by atoms with Crippen molar-refractivity contribution in [2.45, 2.75) is 6.92 Å². The first-order chi connectivity index (χ1) is 8.13. The number of aryl methyl sites for hydroxylation is 2. The lowest BCUT2D eigenvalue weighted by molar-refractivity contribution is 0.768. The fourth-order valence-electron chi connectivity index (χ4n) is 1.77. The molecule has 0 unspecified atom stereocenters. The molecule has 5 nitrogen and oxygen atoms in total. The molecule has 0 aliphatic heterocycles. The molecule has 0 saturated carbocycles. The van der Waals surface area contributed by atoms with Crippen LogP contribution < -0.4 is 0 Å². The van der Waals surface area contributed by atoms with Gasteiger partial charge in [0, 0.05) is 18.8 Å². The zero-order chi connectivity index (χ0) is 12.0. The quantitative estimate of drug-likeness (QED) is 0.662. The van der Waals surface area contributed by atoms with Crippen LogP contribution in [0.15, 0.2) is 24.7 Å². The highest BCUT2D eigenvalue weighted by atomic mass is 35.5. The van der Waals surface area contributed by atoms with Crippen LogP contribution in [0.3, 0.4) is 0 Å². The molecule has 0 aromatic carbocycles. The summed E-state index contributed by atoms with van der Waals surface area (Å²) in [5.41, 5.74) is 3.41. The Morgan fingerprint density at radius 1 is 1.29 bits per heavy atom. The van der Waals surface area contributed by atoms with E-state index in [0.717, 1.165) is 22.5 Å². The maximum atomic E-state index is 6.13. The molecule has 0 bridgehead atoms. The summed E-state index contributed by atoms with van der Waals surface area (Å²) in [7, 11) is 1.86. The lowest BCUT2D eigenvalue weighted by Crippen LogP contribution is -1.93. The van der Waals surface area contributed by atoms with Crippen molar-refractivity contribution >= 4 is 17.1 Å². The summed E-state index contributed by atoms with van der Waals surface area (Å²) >= 11 is 6.13. The van der Waals surface area contributed by atoms with Gasteiger partial charge in [-0.2, -0.15) is 10.2 Å². The Morgan fingerprint density at radius 2 is 2.12 bits per heavy atom. The highest BCUT2D eigenvalue weighted by Gasteiger charge is 2.09. The van der Waals surface area contributed by atoms with Crippen LogP contribution in [0.1, 0.15) is 5.69 Å². The van der Waals surface area contributed by atoms with E-state index >= 15 is 0 Å². The predicted octanol–water partition coefficient (Wildman–Crippen LogP) is 2.09. The number of halogens is 1. The average Bonchev–Trinajstić information content (AvgIpc) is 2.83. The minimum Gasteiger partial charge on any atom is -0.275 e. The molecule has 17 heavy (non-hydrogen) atoms. The van der Waals surface area contributed by atoms with E-state index in [1.54, 1.807) is 15.4 Å². The van der Waals surface area contributed by atoms with Gasteiger partial charge in [-0.05, 0) is 13.0 Å². The minimum absolute atomic E-state index is 0.451. The van der Waals surface area contributed by atoms with Gasteiger partial charge >= 0.3 is 0 Å². The second kappa shape index (κ2) is 3.56. The number of fused-ring (bicyclic) bond motifs is 1. The maximum Gasteiger partial charge on any atom is 0.155 e. The highest BCUT2D eigenvalue weighted by molar-refractivity contribution is 6.32. The van der Waals surface area contributed by atoms with Crippen molar-refractivity contribution in [1.82, 2.24) is 24.4 Å². The van der Waals surface area contributed by atoms with E-state index in [-0.39, 0.29) is 0 Å². The molecule has 0 N–H and O–H groups in total. The fourth-order valence-corrected chi connectivity index (χ4v) is 2.00. The van der Waals surface area contributed by atoms with Crippen molar-refractivity contribution in [3.8, 4) is 11.3 Å². The second-order valence-corrected chi connectivity index (χ2v) is 4.29. The van der Waals surface area contributed by atoms with Gasteiger partial charge in [0.15, 0.2) is 5.15 Å². The van der Waals surface area contributed by atoms with Gasteiger partial charge < -0.3 is 0 Å². The van der Waals surface area contributed by atoms with E-state index in [4.69, 9.17) is 11.6 Å². The third kappa shape index (κ3) is 1.68. The molecule has 0 atom stereocenters. The first-order valence-electron chi connectivity index (χ1n) is 5.15. The zero-order valence-corrected chi connectivity index (χ0v) is 10.2. The van der Waals surface area contributed by atoms with Gasteiger partial charge in [-0.1, -0.05) is 11.6 Å². The number of rotatable bonds is 1. The molecule has 0 saturated heterocycles. The Bertz CT molecular complexity index is 697. The molecule has 0 aliphatic carbocycles. The SMILES string of the molecule is Cc1cc2c(Cl)nc(-c3cnn(C)c3)cn2n1. The van der Waals surface area contributed by atoms with E-state index < -0.39 is 0 Å². The van der Waals surface area contributed by atoms with Gasteiger partial charge in [0.25, 0.3) is 0 Å². The highest BCUT2D eigenvalue weighted by Crippen LogP contribution is 2.22. The van der Waals surface area contributed by atoms with Gasteiger partial charge in [-0.15, -0.1) is 0 Å². The maximum absolute atomic E-state index is 6.13. The van der Waals surface area contributed by atoms with E-state index in [2.05, 4.69) is 15.2 Å². The topological polar surface area (TPSA) is 48.0 Å². The molecular formula is C11H10ClN5. The van der Waals surface area contributed by atoms with Crippen molar-refractivity contribution in [3.63, 3.8) is 0 Å². The lowest BCUT2D eigenvalue weighted by Gasteiger charge is -2.00. The van der Waals surface area contributed by atoms with Crippen LogP contribution in [-0.4, -0.2) is 24.4 Å². The van der Waals surface area contributed by atoms with Crippen molar-refractivity contribution in [2.75, 3.05) is 0 Å². The van der Waals surface area contributed by atoms with E-state index in [1.165, 1.54) is 0 Å². The van der Waals surface area contributed by atoms with Crippen LogP contribution in [0.4, 0.5) is 0 Å². The summed E-state index contributed by atoms with van der Waals surface area (Å²) in [4.78, 5) is 4.35. The molecule has 6 heteroatoms. The first-order valence-corrected chi connectivity index (χ1v) is 5.53. The van der Waals surface area contributed by atoms with E-state index in [9.17, 15) is 0 Å². The molecular weight excluding hydrogens is 238 g/mol. The number of nitrogens with zero attached hydrogens (tertiary/aromatic N) is 5. The van der Waals surface area contributed by atoms with Crippen LogP contribution in [0.25, 0.3) is 16.8 Å². The molecule has 0 aliphatic rings. The molecule has 0 fully saturated rings. The molecule has 0 amide bonds. The first kappa shape index (κ1) is 10.3. The second-order valence-electron chi connectivity index (χ2n) is 3.94. The number of hydrogen-bond donors (Lipinski definition) is 0. The Balaban J connectivity index is 2.24. The zero-order valence-electron chi connectivity index (χ0n) is 9.42. The molecule has 0 spiro atoms. The van der Waals surface area contributed by atoms with Crippen LogP contribution in [0.2, 0.25) is 5.15 Å². The molecule has 3 aromatic rings. The van der Waals surface area contributed by atoms with E-state index in [0.29, 0.717) is 5.15 Å². The van der Waals surface area contributed by atoms with Crippen molar-refractivity contribution in [1.29, 1.82) is 0 Å². The summed E-state index contributed by atoms with van der Waals surface area (Å²) in [6, 6.07) is 1.91. The Kier molecular flexibility index (Phi) is 2.16. The third-order valence-electron chi connectivity index (χ3n) is 2.53. The Morgan fingerprint density at radius 3 is 2.82 bits per heavy atom. The molecule has 86 valence electrons. The fraction of sp³-hybridized carbons (Fsp3) is 0.182. The third-order valence-corrected chi connectivity index (χ3v) is 2.81. The smallest absolute Gasteiger partial charge is 0.155 e. The van der Waals surface area contributed by atoms with Crippen molar-refractivity contribution in [3.05, 3.63) is 35.5 Å². The molecule has 3 rings (SSSR count). The van der Waals surface area contributed by atoms with Gasteiger partial charge in [-0.25, -0.2) is 9.50 Å². The summed E-state index contributed by atoms with van der Waals surface area (Å²) in [5, 5.41) is 8.89. The monoisotopic (exact) mass is 247 g/mol. The Hall–Kier alpha value is -1.88. The number of hydrogen-bond acceptors (Lipinski definition) is 3. The Labute approximate surface area is 103 Å². The normalized spacial score (nSPS) is 11.2. The van der Waals surface area contributed by atoms with E-state index in [1.807, 2.05) is 32.4 Å². The van der Waals surface area contributed by atoms with Gasteiger partial charge in [0.05, 0.1) is 23.8 Å². The summed E-state index contributed by atoms with van der Waals surface area (Å²) in [5.74, 6) is 0. The lowest BCUT2D eigenvalue weighted by atomic mass is 10.3. The van der Waals surface area contributed by atoms with Gasteiger partial charge in [0.2, 0.25) is 0 Å². The largest absolute Gasteiger partial charge is 0.275 e. The van der Waals surface area contributed by atoms with Crippen LogP contribution in [-0.2, 0) is 7.05 Å². The molecule has 0 radical (unpaired) electrons. The number of aromatic nitrogens is 5. The standard InChI is InChI=1S/C11H10ClN5/c1-7-3-10-11(12)14-9(6-17(10)15-7)8-4-13-16(2)5-8/h3-6H,1-2H3. The van der Waals surface area contributed by atoms with Gasteiger partial charge in [-0.3, -0.25) is 4.68 Å². The summed E-state index contributed by atoms with van der Waals surface area (Å²) in [6.45, 7) is 1.92.